The number of fused-ring (bicyclic) bond motifs is 1. The van der Waals surface area contributed by atoms with Crippen LogP contribution in [0.5, 0.6) is 0 Å². The third kappa shape index (κ3) is 2.88. The maximum absolute atomic E-state index is 12.4. The van der Waals surface area contributed by atoms with Crippen molar-refractivity contribution < 1.29 is 4.79 Å². The van der Waals surface area contributed by atoms with Gasteiger partial charge < -0.3 is 5.32 Å². The molecule has 0 aliphatic carbocycles. The van der Waals surface area contributed by atoms with Crippen LogP contribution < -0.4 is 5.32 Å². The summed E-state index contributed by atoms with van der Waals surface area (Å²) in [6.07, 6.45) is 0. The Morgan fingerprint density at radius 1 is 1.18 bits per heavy atom. The van der Waals surface area contributed by atoms with Crippen LogP contribution in [0.2, 0.25) is 0 Å². The minimum Gasteiger partial charge on any atom is -0.322 e. The molecule has 0 saturated heterocycles. The number of aryl methyl sites for hydroxylation is 1. The molecule has 0 fully saturated rings. The molecule has 0 aliphatic heterocycles. The van der Waals surface area contributed by atoms with Crippen molar-refractivity contribution in [1.82, 2.24) is 4.98 Å². The number of hydrogen-bond donors (Lipinski definition) is 1. The first-order valence-corrected chi connectivity index (χ1v) is 8.13. The van der Waals surface area contributed by atoms with Gasteiger partial charge in [0, 0.05) is 17.2 Å². The van der Waals surface area contributed by atoms with Gasteiger partial charge in [0.25, 0.3) is 5.91 Å². The number of carbonyl (C=O) groups excluding carboxylic acids is 1. The Kier molecular flexibility index (Phi) is 3.94. The van der Waals surface area contributed by atoms with Gasteiger partial charge in [0.05, 0.1) is 15.2 Å². The largest absolute Gasteiger partial charge is 0.322 e. The molecule has 0 radical (unpaired) electrons. The molecule has 0 bridgehead atoms. The number of rotatable bonds is 3. The van der Waals surface area contributed by atoms with Crippen LogP contribution in [-0.2, 0) is 0 Å². The van der Waals surface area contributed by atoms with Gasteiger partial charge in [0.15, 0.2) is 0 Å². The van der Waals surface area contributed by atoms with Crippen molar-refractivity contribution >= 4 is 33.1 Å². The van der Waals surface area contributed by atoms with Crippen molar-refractivity contribution in [3.63, 3.8) is 0 Å². The fourth-order valence-corrected chi connectivity index (χ4v) is 3.30. The van der Waals surface area contributed by atoms with Crippen LogP contribution in [0.3, 0.4) is 0 Å². The van der Waals surface area contributed by atoms with Crippen molar-refractivity contribution in [2.45, 2.75) is 26.7 Å². The molecular weight excluding hydrogens is 292 g/mol. The average molecular weight is 310 g/mol. The van der Waals surface area contributed by atoms with Gasteiger partial charge in [-0.2, -0.15) is 0 Å². The summed E-state index contributed by atoms with van der Waals surface area (Å²) in [7, 11) is 0. The highest BCUT2D eigenvalue weighted by Gasteiger charge is 2.11. The maximum atomic E-state index is 12.4. The van der Waals surface area contributed by atoms with E-state index in [-0.39, 0.29) is 5.91 Å². The summed E-state index contributed by atoms with van der Waals surface area (Å²) >= 11 is 1.68. The third-order valence-corrected chi connectivity index (χ3v) is 4.87. The van der Waals surface area contributed by atoms with Crippen LogP contribution in [0, 0.1) is 6.92 Å². The summed E-state index contributed by atoms with van der Waals surface area (Å²) in [5.74, 6) is 0.341. The predicted octanol–water partition coefficient (Wildman–Crippen LogP) is 4.98. The number of nitrogens with zero attached hydrogens (tertiary/aromatic N) is 1. The molecule has 0 aliphatic rings. The SMILES string of the molecule is Cc1ccccc1C(=O)Nc1ccc2nc(C(C)C)sc2c1. The fraction of sp³-hybridized carbons (Fsp3) is 0.222. The second-order valence-corrected chi connectivity index (χ2v) is 6.72. The number of thiazole rings is 1. The Labute approximate surface area is 134 Å². The zero-order chi connectivity index (χ0) is 15.7. The van der Waals surface area contributed by atoms with E-state index in [0.29, 0.717) is 11.5 Å². The van der Waals surface area contributed by atoms with E-state index in [4.69, 9.17) is 0 Å². The van der Waals surface area contributed by atoms with Crippen molar-refractivity contribution in [1.29, 1.82) is 0 Å². The fourth-order valence-electron chi connectivity index (χ4n) is 2.29. The Bertz CT molecular complexity index is 836. The van der Waals surface area contributed by atoms with Crippen LogP contribution >= 0.6 is 11.3 Å². The molecule has 0 spiro atoms. The monoisotopic (exact) mass is 310 g/mol. The van der Waals surface area contributed by atoms with E-state index in [1.165, 1.54) is 0 Å². The lowest BCUT2D eigenvalue weighted by Crippen LogP contribution is -2.13. The number of anilines is 1. The molecule has 1 N–H and O–H groups in total. The van der Waals surface area contributed by atoms with E-state index in [9.17, 15) is 4.79 Å². The number of nitrogens with one attached hydrogen (secondary N) is 1. The van der Waals surface area contributed by atoms with E-state index in [2.05, 4.69) is 24.1 Å². The molecule has 1 amide bonds. The molecule has 0 unspecified atom stereocenters. The minimum atomic E-state index is -0.0777. The summed E-state index contributed by atoms with van der Waals surface area (Å²) in [6.45, 7) is 6.22. The summed E-state index contributed by atoms with van der Waals surface area (Å²) in [6, 6.07) is 13.5. The Balaban J connectivity index is 1.88. The highest BCUT2D eigenvalue weighted by atomic mass is 32.1. The highest BCUT2D eigenvalue weighted by molar-refractivity contribution is 7.18. The Morgan fingerprint density at radius 2 is 1.95 bits per heavy atom. The number of aromatic nitrogens is 1. The van der Waals surface area contributed by atoms with E-state index < -0.39 is 0 Å². The molecule has 22 heavy (non-hydrogen) atoms. The molecule has 1 aromatic heterocycles. The van der Waals surface area contributed by atoms with Crippen molar-refractivity contribution in [2.24, 2.45) is 0 Å². The van der Waals surface area contributed by atoms with E-state index in [0.717, 1.165) is 26.5 Å². The first kappa shape index (κ1) is 14.7. The number of hydrogen-bond acceptors (Lipinski definition) is 3. The van der Waals surface area contributed by atoms with Crippen molar-refractivity contribution in [3.05, 3.63) is 58.6 Å². The van der Waals surface area contributed by atoms with Gasteiger partial charge >= 0.3 is 0 Å². The molecule has 1 heterocycles. The summed E-state index contributed by atoms with van der Waals surface area (Å²) in [5.41, 5.74) is 3.47. The average Bonchev–Trinajstić information content (AvgIpc) is 2.91. The van der Waals surface area contributed by atoms with Gasteiger partial charge in [-0.1, -0.05) is 32.0 Å². The van der Waals surface area contributed by atoms with Crippen molar-refractivity contribution in [3.8, 4) is 0 Å². The lowest BCUT2D eigenvalue weighted by Gasteiger charge is -2.07. The maximum Gasteiger partial charge on any atom is 0.255 e. The molecule has 0 atom stereocenters. The van der Waals surface area contributed by atoms with E-state index in [1.54, 1.807) is 11.3 Å². The number of carbonyl (C=O) groups is 1. The Morgan fingerprint density at radius 3 is 2.68 bits per heavy atom. The van der Waals surface area contributed by atoms with Gasteiger partial charge in [-0.3, -0.25) is 4.79 Å². The second-order valence-electron chi connectivity index (χ2n) is 5.66. The highest BCUT2D eigenvalue weighted by Crippen LogP contribution is 2.29. The van der Waals surface area contributed by atoms with Gasteiger partial charge in [0.2, 0.25) is 0 Å². The second kappa shape index (κ2) is 5.89. The first-order chi connectivity index (χ1) is 10.5. The van der Waals surface area contributed by atoms with Crippen LogP contribution in [0.4, 0.5) is 5.69 Å². The molecule has 112 valence electrons. The molecule has 3 aromatic rings. The normalized spacial score (nSPS) is 11.1. The van der Waals surface area contributed by atoms with Gasteiger partial charge in [-0.15, -0.1) is 11.3 Å². The van der Waals surface area contributed by atoms with E-state index >= 15 is 0 Å². The third-order valence-electron chi connectivity index (χ3n) is 3.55. The van der Waals surface area contributed by atoms with Crippen LogP contribution in [0.25, 0.3) is 10.2 Å². The summed E-state index contributed by atoms with van der Waals surface area (Å²) in [4.78, 5) is 17.0. The van der Waals surface area contributed by atoms with E-state index in [1.807, 2.05) is 49.4 Å². The molecule has 3 nitrogen and oxygen atoms in total. The standard InChI is InChI=1S/C18H18N2OS/c1-11(2)18-20-15-9-8-13(10-16(15)22-18)19-17(21)14-7-5-4-6-12(14)3/h4-11H,1-3H3,(H,19,21). The zero-order valence-corrected chi connectivity index (χ0v) is 13.7. The van der Waals surface area contributed by atoms with Gasteiger partial charge in [-0.05, 0) is 36.8 Å². The lowest BCUT2D eigenvalue weighted by molar-refractivity contribution is 0.102. The first-order valence-electron chi connectivity index (χ1n) is 7.32. The molecule has 2 aromatic carbocycles. The quantitative estimate of drug-likeness (QED) is 0.741. The molecular formula is C18H18N2OS. The van der Waals surface area contributed by atoms with Crippen LogP contribution in [0.15, 0.2) is 42.5 Å². The smallest absolute Gasteiger partial charge is 0.255 e. The lowest BCUT2D eigenvalue weighted by atomic mass is 10.1. The van der Waals surface area contributed by atoms with Crippen LogP contribution in [0.1, 0.15) is 40.7 Å². The summed E-state index contributed by atoms with van der Waals surface area (Å²) in [5, 5.41) is 4.09. The minimum absolute atomic E-state index is 0.0777. The molecule has 0 saturated carbocycles. The molecule has 4 heteroatoms. The van der Waals surface area contributed by atoms with Gasteiger partial charge in [-0.25, -0.2) is 4.98 Å². The predicted molar refractivity (Wildman–Crippen MR) is 92.8 cm³/mol. The Hall–Kier alpha value is -2.20. The number of benzene rings is 2. The van der Waals surface area contributed by atoms with Gasteiger partial charge in [0.1, 0.15) is 0 Å². The topological polar surface area (TPSA) is 42.0 Å². The number of amides is 1. The van der Waals surface area contributed by atoms with Crippen molar-refractivity contribution in [2.75, 3.05) is 5.32 Å². The van der Waals surface area contributed by atoms with Crippen LogP contribution in [-0.4, -0.2) is 10.9 Å². The molecule has 3 rings (SSSR count). The summed E-state index contributed by atoms with van der Waals surface area (Å²) < 4.78 is 1.10. The zero-order valence-electron chi connectivity index (χ0n) is 12.9.